The van der Waals surface area contributed by atoms with E-state index in [9.17, 15) is 17.6 Å². The number of nitrogens with two attached hydrogens (primary N) is 1. The van der Waals surface area contributed by atoms with Crippen molar-refractivity contribution in [3.63, 3.8) is 0 Å². The summed E-state index contributed by atoms with van der Waals surface area (Å²) in [7, 11) is -3.45. The smallest absolute Gasteiger partial charge is 0.241 e. The van der Waals surface area contributed by atoms with E-state index in [0.717, 1.165) is 18.4 Å². The average molecular weight is 565 g/mol. The van der Waals surface area contributed by atoms with Gasteiger partial charge in [-0.2, -0.15) is 4.31 Å². The lowest BCUT2D eigenvalue weighted by Gasteiger charge is -2.39. The summed E-state index contributed by atoms with van der Waals surface area (Å²) in [4.78, 5) is 13.5. The van der Waals surface area contributed by atoms with Crippen molar-refractivity contribution in [2.75, 3.05) is 37.9 Å². The molecule has 2 aliphatic rings. The Morgan fingerprint density at radius 1 is 1.15 bits per heavy atom. The van der Waals surface area contributed by atoms with Crippen LogP contribution in [0.4, 0.5) is 14.5 Å². The van der Waals surface area contributed by atoms with Gasteiger partial charge in [0, 0.05) is 55.6 Å². The molecule has 0 aromatic heterocycles. The number of halogens is 2. The van der Waals surface area contributed by atoms with Gasteiger partial charge >= 0.3 is 0 Å². The van der Waals surface area contributed by atoms with Crippen LogP contribution in [0.2, 0.25) is 0 Å². The lowest BCUT2D eigenvalue weighted by molar-refractivity contribution is -0.118. The molecule has 2 heterocycles. The molecular weight excluding hydrogens is 526 g/mol. The van der Waals surface area contributed by atoms with Gasteiger partial charge in [-0.3, -0.25) is 4.79 Å². The van der Waals surface area contributed by atoms with Crippen LogP contribution in [-0.4, -0.2) is 69.3 Å². The van der Waals surface area contributed by atoms with Crippen LogP contribution in [0.15, 0.2) is 42.5 Å². The molecule has 0 saturated carbocycles. The maximum atomic E-state index is 15.0. The second kappa shape index (κ2) is 12.8. The molecule has 1 unspecified atom stereocenters. The number of benzene rings is 2. The summed E-state index contributed by atoms with van der Waals surface area (Å²) >= 11 is 0. The number of sulfonamides is 1. The first kappa shape index (κ1) is 29.5. The fraction of sp³-hybridized carbons (Fsp3) is 0.536. The first-order chi connectivity index (χ1) is 18.6. The molecule has 0 radical (unpaired) electrons. The molecule has 1 amide bonds. The minimum Gasteiger partial charge on any atom is -0.381 e. The molecule has 214 valence electrons. The van der Waals surface area contributed by atoms with Gasteiger partial charge in [0.1, 0.15) is 11.6 Å². The normalized spacial score (nSPS) is 22.8. The summed E-state index contributed by atoms with van der Waals surface area (Å²) in [6, 6.07) is 8.98. The molecule has 0 bridgehead atoms. The lowest BCUT2D eigenvalue weighted by atomic mass is 9.76. The van der Waals surface area contributed by atoms with Gasteiger partial charge in [-0.15, -0.1) is 0 Å². The SMILES string of the molecule is C[C@H]1CNC[C@H](CCc2c(F)cccc2NC(=O)[C@@H](N)C(c2ccc(F)cc2)C2CCOCC2)N1S(C)(=O)=O. The van der Waals surface area contributed by atoms with Crippen molar-refractivity contribution in [3.8, 4) is 0 Å². The number of ether oxygens (including phenoxy) is 1. The maximum absolute atomic E-state index is 15.0. The van der Waals surface area contributed by atoms with Crippen molar-refractivity contribution >= 4 is 21.6 Å². The molecule has 4 atom stereocenters. The molecule has 4 rings (SSSR count). The number of anilines is 1. The van der Waals surface area contributed by atoms with Gasteiger partial charge in [-0.25, -0.2) is 17.2 Å². The molecule has 8 nitrogen and oxygen atoms in total. The molecule has 2 fully saturated rings. The molecule has 0 aliphatic carbocycles. The van der Waals surface area contributed by atoms with Crippen LogP contribution in [0.5, 0.6) is 0 Å². The van der Waals surface area contributed by atoms with Gasteiger partial charge in [0.15, 0.2) is 0 Å². The Labute approximate surface area is 229 Å². The van der Waals surface area contributed by atoms with Crippen molar-refractivity contribution < 1.29 is 26.7 Å². The fourth-order valence-corrected chi connectivity index (χ4v) is 7.43. The first-order valence-corrected chi connectivity index (χ1v) is 15.3. The van der Waals surface area contributed by atoms with Gasteiger partial charge < -0.3 is 21.1 Å². The van der Waals surface area contributed by atoms with Gasteiger partial charge in [0.25, 0.3) is 0 Å². The molecule has 11 heteroatoms. The molecule has 4 N–H and O–H groups in total. The quantitative estimate of drug-likeness (QED) is 0.432. The van der Waals surface area contributed by atoms with Crippen LogP contribution in [0.1, 0.15) is 43.2 Å². The summed E-state index contributed by atoms with van der Waals surface area (Å²) < 4.78 is 60.5. The van der Waals surface area contributed by atoms with Crippen LogP contribution in [0, 0.1) is 17.6 Å². The summed E-state index contributed by atoms with van der Waals surface area (Å²) in [5.41, 5.74) is 7.93. The highest BCUT2D eigenvalue weighted by atomic mass is 32.2. The highest BCUT2D eigenvalue weighted by molar-refractivity contribution is 7.88. The van der Waals surface area contributed by atoms with E-state index in [1.54, 1.807) is 18.2 Å². The molecule has 2 aromatic carbocycles. The Morgan fingerprint density at radius 2 is 1.85 bits per heavy atom. The number of hydrogen-bond donors (Lipinski definition) is 3. The second-order valence-electron chi connectivity index (χ2n) is 10.6. The minimum absolute atomic E-state index is 0.0692. The van der Waals surface area contributed by atoms with Crippen molar-refractivity contribution in [2.45, 2.75) is 56.7 Å². The number of nitrogens with one attached hydrogen (secondary N) is 2. The summed E-state index contributed by atoms with van der Waals surface area (Å²) in [5.74, 6) is -1.62. The number of nitrogens with zero attached hydrogens (tertiary/aromatic N) is 1. The molecule has 39 heavy (non-hydrogen) atoms. The van der Waals surface area contributed by atoms with Crippen molar-refractivity contribution in [3.05, 3.63) is 65.2 Å². The van der Waals surface area contributed by atoms with E-state index in [-0.39, 0.29) is 36.2 Å². The zero-order valence-electron chi connectivity index (χ0n) is 22.4. The van der Waals surface area contributed by atoms with Gasteiger partial charge in [-0.05, 0) is 68.4 Å². The third-order valence-corrected chi connectivity index (χ3v) is 9.24. The highest BCUT2D eigenvalue weighted by Gasteiger charge is 2.36. The fourth-order valence-electron chi connectivity index (χ4n) is 5.98. The van der Waals surface area contributed by atoms with E-state index in [1.807, 2.05) is 6.92 Å². The Kier molecular flexibility index (Phi) is 9.71. The zero-order chi connectivity index (χ0) is 28.2. The van der Waals surface area contributed by atoms with Crippen LogP contribution in [0.3, 0.4) is 0 Å². The number of piperazine rings is 1. The Hall–Kier alpha value is -2.44. The van der Waals surface area contributed by atoms with Crippen LogP contribution in [0.25, 0.3) is 0 Å². The monoisotopic (exact) mass is 564 g/mol. The van der Waals surface area contributed by atoms with E-state index in [4.69, 9.17) is 10.5 Å². The standard InChI is InChI=1S/C28H38F2N4O4S/c1-18-16-32-17-22(34(18)39(2,36)37)10-11-23-24(30)4-3-5-25(23)33-28(35)27(31)26(20-12-14-38-15-13-20)19-6-8-21(29)9-7-19/h3-9,18,20,22,26-27,32H,10-17,31H2,1-2H3,(H,33,35)/t18-,22-,26?,27-/m0/s1. The summed E-state index contributed by atoms with van der Waals surface area (Å²) in [6.07, 6.45) is 3.23. The molecule has 2 aromatic rings. The second-order valence-corrected chi connectivity index (χ2v) is 12.5. The van der Waals surface area contributed by atoms with E-state index < -0.39 is 27.8 Å². The van der Waals surface area contributed by atoms with Crippen molar-refractivity contribution in [1.82, 2.24) is 9.62 Å². The first-order valence-electron chi connectivity index (χ1n) is 13.4. The summed E-state index contributed by atoms with van der Waals surface area (Å²) in [5, 5.41) is 6.08. The van der Waals surface area contributed by atoms with E-state index in [1.165, 1.54) is 34.8 Å². The van der Waals surface area contributed by atoms with Crippen LogP contribution < -0.4 is 16.4 Å². The predicted octanol–water partition coefficient (Wildman–Crippen LogP) is 3.00. The summed E-state index contributed by atoms with van der Waals surface area (Å²) in [6.45, 7) is 3.97. The van der Waals surface area contributed by atoms with Crippen LogP contribution in [-0.2, 0) is 26.0 Å². The maximum Gasteiger partial charge on any atom is 0.241 e. The Bertz CT molecular complexity index is 1240. The molecule has 0 spiro atoms. The third kappa shape index (κ3) is 7.20. The van der Waals surface area contributed by atoms with E-state index in [0.29, 0.717) is 44.0 Å². The minimum atomic E-state index is -3.45. The Balaban J connectivity index is 1.53. The topological polar surface area (TPSA) is 114 Å². The van der Waals surface area contributed by atoms with E-state index in [2.05, 4.69) is 10.6 Å². The van der Waals surface area contributed by atoms with Crippen molar-refractivity contribution in [2.24, 2.45) is 11.7 Å². The number of hydrogen-bond acceptors (Lipinski definition) is 6. The molecule has 2 aliphatic heterocycles. The van der Waals surface area contributed by atoms with Crippen molar-refractivity contribution in [1.29, 1.82) is 0 Å². The highest BCUT2D eigenvalue weighted by Crippen LogP contribution is 2.35. The number of rotatable bonds is 9. The van der Waals surface area contributed by atoms with Gasteiger partial charge in [-0.1, -0.05) is 18.2 Å². The van der Waals surface area contributed by atoms with Crippen LogP contribution >= 0.6 is 0 Å². The number of carbonyl (C=O) groups is 1. The average Bonchev–Trinajstić information content (AvgIpc) is 2.89. The molecule has 2 saturated heterocycles. The largest absolute Gasteiger partial charge is 0.381 e. The number of carbonyl (C=O) groups excluding carboxylic acids is 1. The van der Waals surface area contributed by atoms with Gasteiger partial charge in [0.2, 0.25) is 15.9 Å². The predicted molar refractivity (Wildman–Crippen MR) is 147 cm³/mol. The Morgan fingerprint density at radius 3 is 2.51 bits per heavy atom. The number of amides is 1. The lowest BCUT2D eigenvalue weighted by Crippen LogP contribution is -2.58. The van der Waals surface area contributed by atoms with Gasteiger partial charge in [0.05, 0.1) is 12.3 Å². The zero-order valence-corrected chi connectivity index (χ0v) is 23.2. The van der Waals surface area contributed by atoms with E-state index >= 15 is 4.39 Å². The molecular formula is C28H38F2N4O4S. The third-order valence-electron chi connectivity index (χ3n) is 7.82.